The summed E-state index contributed by atoms with van der Waals surface area (Å²) < 4.78 is 33.3. The van der Waals surface area contributed by atoms with E-state index in [4.69, 9.17) is 61.4 Å². The van der Waals surface area contributed by atoms with E-state index in [0.717, 1.165) is 106 Å². The van der Waals surface area contributed by atoms with Crippen LogP contribution in [-0.2, 0) is 48.4 Å². The Hall–Kier alpha value is -4.98. The summed E-state index contributed by atoms with van der Waals surface area (Å²) in [7, 11) is 0. The maximum absolute atomic E-state index is 12.0. The minimum Gasteiger partial charge on any atom is -0.493 e. The van der Waals surface area contributed by atoms with Crippen LogP contribution in [-0.4, -0.2) is 45.8 Å². The van der Waals surface area contributed by atoms with Crippen molar-refractivity contribution in [2.45, 2.75) is 140 Å². The Labute approximate surface area is 395 Å². The maximum Gasteiger partial charge on any atom is 0.303 e. The fourth-order valence-electron chi connectivity index (χ4n) is 6.62. The Morgan fingerprint density at radius 3 is 1.54 bits per heavy atom. The third kappa shape index (κ3) is 20.0. The minimum absolute atomic E-state index is 0. The van der Waals surface area contributed by atoms with Gasteiger partial charge in [0.25, 0.3) is 0 Å². The average molecular weight is 944 g/mol. The highest BCUT2D eigenvalue weighted by molar-refractivity contribution is 6.40. The molecule has 0 radical (unpaired) electrons. The SMILES string of the molecule is C.CCCc1c(OCCCC(=O)NCc2ccco2)ccc2c(CC(C)(C)C)noc12.CCCc1c(OCCCC(=O)O)ccc2c(CC(C)(C)C)noc12.ClCCl.NCc1ccco1. The third-order valence-electron chi connectivity index (χ3n) is 9.37. The molecule has 0 unspecified atom stereocenters. The number of carboxylic acid groups (broad SMARTS) is 1. The van der Waals surface area contributed by atoms with Gasteiger partial charge in [0.2, 0.25) is 5.91 Å². The number of fused-ring (bicyclic) bond motifs is 2. The molecule has 0 aliphatic carbocycles. The third-order valence-corrected chi connectivity index (χ3v) is 9.37. The number of aromatic nitrogens is 2. The summed E-state index contributed by atoms with van der Waals surface area (Å²) in [4.78, 5) is 22.6. The van der Waals surface area contributed by atoms with Crippen molar-refractivity contribution >= 4 is 57.0 Å². The number of aliphatic carboxylic acids is 1. The van der Waals surface area contributed by atoms with Crippen molar-refractivity contribution in [3.63, 3.8) is 0 Å². The van der Waals surface area contributed by atoms with Crippen molar-refractivity contribution in [1.82, 2.24) is 15.6 Å². The molecule has 0 saturated carbocycles. The number of halogens is 2. The van der Waals surface area contributed by atoms with Gasteiger partial charge in [-0.1, -0.05) is 86.0 Å². The lowest BCUT2D eigenvalue weighted by Gasteiger charge is -2.16. The van der Waals surface area contributed by atoms with Gasteiger partial charge < -0.3 is 43.5 Å². The molecule has 4 aromatic heterocycles. The zero-order chi connectivity index (χ0) is 47.1. The summed E-state index contributed by atoms with van der Waals surface area (Å²) in [6, 6.07) is 15.3. The summed E-state index contributed by atoms with van der Waals surface area (Å²) in [6.45, 7) is 19.1. The zero-order valence-electron chi connectivity index (χ0n) is 38.8. The molecule has 360 valence electrons. The van der Waals surface area contributed by atoms with Crippen LogP contribution in [0.5, 0.6) is 11.5 Å². The number of carbonyl (C=O) groups excluding carboxylic acids is 1. The Morgan fingerprint density at radius 1 is 0.723 bits per heavy atom. The highest BCUT2D eigenvalue weighted by Gasteiger charge is 2.22. The van der Waals surface area contributed by atoms with E-state index in [1.807, 2.05) is 42.5 Å². The number of aryl methyl sites for hydroxylation is 2. The van der Waals surface area contributed by atoms with Crippen LogP contribution < -0.4 is 20.5 Å². The number of benzene rings is 2. The summed E-state index contributed by atoms with van der Waals surface area (Å²) in [5.74, 6) is 2.35. The molecule has 13 nitrogen and oxygen atoms in total. The van der Waals surface area contributed by atoms with Crippen LogP contribution in [0.15, 0.2) is 78.9 Å². The van der Waals surface area contributed by atoms with Gasteiger partial charge in [0.15, 0.2) is 11.2 Å². The predicted molar refractivity (Wildman–Crippen MR) is 260 cm³/mol. The molecule has 0 atom stereocenters. The highest BCUT2D eigenvalue weighted by Crippen LogP contribution is 2.35. The van der Waals surface area contributed by atoms with Gasteiger partial charge in [-0.25, -0.2) is 0 Å². The molecule has 0 saturated heterocycles. The second-order valence-corrected chi connectivity index (χ2v) is 18.4. The second-order valence-electron chi connectivity index (χ2n) is 17.6. The van der Waals surface area contributed by atoms with E-state index < -0.39 is 5.97 Å². The second kappa shape index (κ2) is 28.8. The quantitative estimate of drug-likeness (QED) is 0.0515. The molecule has 0 fully saturated rings. The first kappa shape index (κ1) is 56.2. The lowest BCUT2D eigenvalue weighted by molar-refractivity contribution is -0.137. The lowest BCUT2D eigenvalue weighted by Crippen LogP contribution is -2.22. The summed E-state index contributed by atoms with van der Waals surface area (Å²) in [5, 5.41) is 22.5. The van der Waals surface area contributed by atoms with Gasteiger partial charge >= 0.3 is 5.97 Å². The molecule has 2 aromatic carbocycles. The normalized spacial score (nSPS) is 11.1. The van der Waals surface area contributed by atoms with Crippen LogP contribution in [0.2, 0.25) is 0 Å². The molecule has 0 aliphatic heterocycles. The van der Waals surface area contributed by atoms with Crippen molar-refractivity contribution in [3.8, 4) is 11.5 Å². The number of nitrogens with two attached hydrogens (primary N) is 1. The predicted octanol–water partition coefficient (Wildman–Crippen LogP) is 12.8. The molecular weight excluding hydrogens is 871 g/mol. The van der Waals surface area contributed by atoms with Crippen molar-refractivity contribution in [2.24, 2.45) is 16.6 Å². The van der Waals surface area contributed by atoms with E-state index in [1.54, 1.807) is 18.6 Å². The average Bonchev–Trinajstić information content (AvgIpc) is 4.08. The molecule has 65 heavy (non-hydrogen) atoms. The number of hydrogen-bond acceptors (Lipinski definition) is 11. The summed E-state index contributed by atoms with van der Waals surface area (Å²) in [5.41, 5.74) is 11.2. The van der Waals surface area contributed by atoms with E-state index in [1.165, 1.54) is 0 Å². The van der Waals surface area contributed by atoms with Crippen LogP contribution >= 0.6 is 23.2 Å². The Morgan fingerprint density at radius 2 is 1.17 bits per heavy atom. The maximum atomic E-state index is 12.0. The highest BCUT2D eigenvalue weighted by atomic mass is 35.5. The number of alkyl halides is 2. The van der Waals surface area contributed by atoms with E-state index in [-0.39, 0.29) is 35.9 Å². The first-order valence-corrected chi connectivity index (χ1v) is 23.0. The van der Waals surface area contributed by atoms with Crippen LogP contribution in [0.4, 0.5) is 0 Å². The van der Waals surface area contributed by atoms with Crippen LogP contribution in [0.3, 0.4) is 0 Å². The number of ether oxygens (including phenoxy) is 2. The van der Waals surface area contributed by atoms with Gasteiger partial charge in [0.05, 0.1) is 55.6 Å². The number of amides is 1. The smallest absolute Gasteiger partial charge is 0.303 e. The van der Waals surface area contributed by atoms with Gasteiger partial charge in [-0.2, -0.15) is 0 Å². The van der Waals surface area contributed by atoms with Crippen molar-refractivity contribution in [2.75, 3.05) is 18.6 Å². The van der Waals surface area contributed by atoms with Crippen LogP contribution in [0, 0.1) is 10.8 Å². The van der Waals surface area contributed by atoms with Crippen molar-refractivity contribution < 1.29 is 42.0 Å². The van der Waals surface area contributed by atoms with E-state index in [0.29, 0.717) is 45.6 Å². The number of nitrogens with one attached hydrogen (secondary N) is 1. The topological polar surface area (TPSA) is 189 Å². The fourth-order valence-corrected chi connectivity index (χ4v) is 6.62. The number of carbonyl (C=O) groups is 2. The first-order chi connectivity index (χ1) is 30.5. The number of rotatable bonds is 19. The van der Waals surface area contributed by atoms with Crippen molar-refractivity contribution in [1.29, 1.82) is 0 Å². The first-order valence-electron chi connectivity index (χ1n) is 21.9. The summed E-state index contributed by atoms with van der Waals surface area (Å²) in [6.07, 6.45) is 10.2. The molecule has 0 spiro atoms. The van der Waals surface area contributed by atoms with Gasteiger partial charge in [0, 0.05) is 34.7 Å². The van der Waals surface area contributed by atoms with Gasteiger partial charge in [-0.05, 0) is 97.9 Å². The number of furan rings is 2. The van der Waals surface area contributed by atoms with E-state index in [9.17, 15) is 9.59 Å². The number of hydrogen-bond donors (Lipinski definition) is 3. The monoisotopic (exact) mass is 942 g/mol. The Bertz CT molecular complexity index is 2240. The molecule has 0 bridgehead atoms. The molecule has 1 amide bonds. The number of carboxylic acids is 1. The minimum atomic E-state index is -0.801. The molecule has 4 heterocycles. The molecule has 4 N–H and O–H groups in total. The van der Waals surface area contributed by atoms with Gasteiger partial charge in [-0.15, -0.1) is 23.2 Å². The summed E-state index contributed by atoms with van der Waals surface area (Å²) >= 11 is 9.53. The van der Waals surface area contributed by atoms with Gasteiger partial charge in [0.1, 0.15) is 23.0 Å². The van der Waals surface area contributed by atoms with E-state index in [2.05, 4.69) is 71.0 Å². The largest absolute Gasteiger partial charge is 0.493 e. The lowest BCUT2D eigenvalue weighted by atomic mass is 9.89. The number of nitrogens with zero attached hydrogens (tertiary/aromatic N) is 2. The molecule has 0 aliphatic rings. The van der Waals surface area contributed by atoms with Crippen molar-refractivity contribution in [3.05, 3.63) is 95.1 Å². The molecule has 15 heteroatoms. The van der Waals surface area contributed by atoms with Gasteiger partial charge in [-0.3, -0.25) is 9.59 Å². The zero-order valence-corrected chi connectivity index (χ0v) is 40.3. The molecular formula is C50H72Cl2N4O9. The fraction of sp³-hybridized carbons (Fsp3) is 0.520. The van der Waals surface area contributed by atoms with E-state index >= 15 is 0 Å². The molecule has 6 aromatic rings. The van der Waals surface area contributed by atoms with Crippen LogP contribution in [0.1, 0.15) is 135 Å². The van der Waals surface area contributed by atoms with Crippen LogP contribution in [0.25, 0.3) is 21.9 Å². The standard InChI is InChI=1S/C24H32N2O4.C19H27NO4.C5H7NO.CH2Cl2.CH4/c1-5-8-19-21(12-11-18-20(15-24(2,3)4)26-30-23(18)19)29-14-7-10-22(27)25-16-17-9-6-13-28-17;1-5-7-14-16(23-11-6-8-17(21)22)10-9-13-15(12-19(2,3)4)20-24-18(13)14;6-4-5-2-1-3-7-5;2-1-3;/h6,9,11-13H,5,7-8,10,14-16H2,1-4H3,(H,25,27);9-10H,5-8,11-12H2,1-4H3,(H,21,22);1-3H,4,6H2;1H2;1H4. The Kier molecular flexibility index (Phi) is 24.9. The molecule has 6 rings (SSSR count). The Balaban J connectivity index is 0.000000369.